The smallest absolute Gasteiger partial charge is 0.193 e. The first kappa shape index (κ1) is 23.3. The van der Waals surface area contributed by atoms with Gasteiger partial charge >= 0.3 is 0 Å². The van der Waals surface area contributed by atoms with Gasteiger partial charge in [-0.3, -0.25) is 4.79 Å². The SMILES string of the molecule is CC(C)c1ccc(Oc2ccc(C(=O)c3ccc(Oc4ccc(C(C)C)cc4)cc3)cc2)cc1. The molecule has 4 aromatic carbocycles. The van der Waals surface area contributed by atoms with Gasteiger partial charge in [0.2, 0.25) is 0 Å². The fraction of sp³-hybridized carbons (Fsp3) is 0.194. The van der Waals surface area contributed by atoms with E-state index >= 15 is 0 Å². The van der Waals surface area contributed by atoms with Crippen molar-refractivity contribution in [2.75, 3.05) is 0 Å². The lowest BCUT2D eigenvalue weighted by atomic mass is 10.0. The number of rotatable bonds is 8. The molecule has 0 radical (unpaired) electrons. The van der Waals surface area contributed by atoms with E-state index in [-0.39, 0.29) is 5.78 Å². The normalized spacial score (nSPS) is 11.0. The predicted molar refractivity (Wildman–Crippen MR) is 138 cm³/mol. The van der Waals surface area contributed by atoms with Crippen LogP contribution in [0.25, 0.3) is 0 Å². The highest BCUT2D eigenvalue weighted by molar-refractivity contribution is 6.09. The minimum absolute atomic E-state index is 0.0410. The van der Waals surface area contributed by atoms with Gasteiger partial charge in [-0.2, -0.15) is 0 Å². The van der Waals surface area contributed by atoms with Crippen molar-refractivity contribution < 1.29 is 14.3 Å². The average molecular weight is 451 g/mol. The van der Waals surface area contributed by atoms with Crippen molar-refractivity contribution in [2.45, 2.75) is 39.5 Å². The average Bonchev–Trinajstić information content (AvgIpc) is 2.85. The summed E-state index contributed by atoms with van der Waals surface area (Å²) in [4.78, 5) is 12.9. The molecule has 0 spiro atoms. The Labute approximate surface area is 202 Å². The molecule has 0 aliphatic rings. The van der Waals surface area contributed by atoms with E-state index in [9.17, 15) is 4.79 Å². The Kier molecular flexibility index (Phi) is 7.12. The van der Waals surface area contributed by atoms with Crippen LogP contribution < -0.4 is 9.47 Å². The van der Waals surface area contributed by atoms with Crippen molar-refractivity contribution in [3.63, 3.8) is 0 Å². The van der Waals surface area contributed by atoms with E-state index in [1.807, 2.05) is 48.5 Å². The Morgan fingerprint density at radius 2 is 0.735 bits per heavy atom. The molecule has 0 amide bonds. The summed E-state index contributed by atoms with van der Waals surface area (Å²) in [5, 5.41) is 0. The number of hydrogen-bond acceptors (Lipinski definition) is 3. The van der Waals surface area contributed by atoms with Gasteiger partial charge in [-0.1, -0.05) is 52.0 Å². The molecule has 0 fully saturated rings. The van der Waals surface area contributed by atoms with Gasteiger partial charge in [0.1, 0.15) is 23.0 Å². The zero-order chi connectivity index (χ0) is 24.1. The number of hydrogen-bond donors (Lipinski definition) is 0. The van der Waals surface area contributed by atoms with E-state index in [1.165, 1.54) is 11.1 Å². The van der Waals surface area contributed by atoms with Gasteiger partial charge in [0.15, 0.2) is 5.78 Å². The second-order valence-electron chi connectivity index (χ2n) is 9.03. The number of carbonyl (C=O) groups is 1. The summed E-state index contributed by atoms with van der Waals surface area (Å²) >= 11 is 0. The molecule has 4 rings (SSSR count). The number of ketones is 1. The lowest BCUT2D eigenvalue weighted by Crippen LogP contribution is -2.01. The van der Waals surface area contributed by atoms with Crippen LogP contribution in [-0.2, 0) is 0 Å². The second kappa shape index (κ2) is 10.4. The first-order chi connectivity index (χ1) is 16.4. The molecule has 3 nitrogen and oxygen atoms in total. The molecule has 0 saturated heterocycles. The third-order valence-electron chi connectivity index (χ3n) is 5.80. The zero-order valence-corrected chi connectivity index (χ0v) is 20.1. The fourth-order valence-corrected chi connectivity index (χ4v) is 3.63. The van der Waals surface area contributed by atoms with Crippen LogP contribution >= 0.6 is 0 Å². The lowest BCUT2D eigenvalue weighted by Gasteiger charge is -2.10. The molecule has 0 aromatic heterocycles. The van der Waals surface area contributed by atoms with Crippen LogP contribution in [0.15, 0.2) is 97.1 Å². The molecular formula is C31H30O3. The number of carbonyl (C=O) groups excluding carboxylic acids is 1. The van der Waals surface area contributed by atoms with Crippen molar-refractivity contribution >= 4 is 5.78 Å². The van der Waals surface area contributed by atoms with Crippen LogP contribution in [0.2, 0.25) is 0 Å². The molecule has 0 saturated carbocycles. The molecule has 0 aliphatic heterocycles. The monoisotopic (exact) mass is 450 g/mol. The molecule has 4 aromatic rings. The summed E-state index contributed by atoms with van der Waals surface area (Å²) in [5.74, 6) is 3.87. The molecule has 3 heteroatoms. The van der Waals surface area contributed by atoms with Crippen LogP contribution in [0.1, 0.15) is 66.6 Å². The highest BCUT2D eigenvalue weighted by Gasteiger charge is 2.10. The van der Waals surface area contributed by atoms with E-state index < -0.39 is 0 Å². The van der Waals surface area contributed by atoms with E-state index in [0.29, 0.717) is 34.5 Å². The molecule has 172 valence electrons. The van der Waals surface area contributed by atoms with Gasteiger partial charge in [-0.25, -0.2) is 0 Å². The summed E-state index contributed by atoms with van der Waals surface area (Å²) in [5.41, 5.74) is 3.77. The minimum Gasteiger partial charge on any atom is -0.457 e. The van der Waals surface area contributed by atoms with E-state index in [4.69, 9.17) is 9.47 Å². The summed E-state index contributed by atoms with van der Waals surface area (Å²) < 4.78 is 11.8. The summed E-state index contributed by atoms with van der Waals surface area (Å²) in [7, 11) is 0. The van der Waals surface area contributed by atoms with Crippen LogP contribution in [0.3, 0.4) is 0 Å². The molecule has 34 heavy (non-hydrogen) atoms. The second-order valence-corrected chi connectivity index (χ2v) is 9.03. The Morgan fingerprint density at radius 1 is 0.471 bits per heavy atom. The standard InChI is InChI=1S/C31H30O3/c1-21(2)23-5-13-27(14-6-23)33-29-17-9-25(10-18-29)31(32)26-11-19-30(20-12-26)34-28-15-7-24(8-16-28)22(3)4/h5-22H,1-4H3. The van der Waals surface area contributed by atoms with Crippen LogP contribution in [-0.4, -0.2) is 5.78 Å². The quantitative estimate of drug-likeness (QED) is 0.252. The van der Waals surface area contributed by atoms with Crippen molar-refractivity contribution in [1.82, 2.24) is 0 Å². The summed E-state index contributed by atoms with van der Waals surface area (Å²) in [6, 6.07) is 30.6. The summed E-state index contributed by atoms with van der Waals surface area (Å²) in [6.07, 6.45) is 0. The van der Waals surface area contributed by atoms with Crippen LogP contribution in [0.5, 0.6) is 23.0 Å². The first-order valence-corrected chi connectivity index (χ1v) is 11.7. The molecule has 0 N–H and O–H groups in total. The maximum absolute atomic E-state index is 12.9. The van der Waals surface area contributed by atoms with Crippen LogP contribution in [0, 0.1) is 0 Å². The van der Waals surface area contributed by atoms with Gasteiger partial charge in [-0.05, 0) is 95.8 Å². The molecule has 0 heterocycles. The van der Waals surface area contributed by atoms with E-state index in [0.717, 1.165) is 11.5 Å². The van der Waals surface area contributed by atoms with Crippen molar-refractivity contribution in [3.8, 4) is 23.0 Å². The Balaban J connectivity index is 1.38. The third kappa shape index (κ3) is 5.74. The van der Waals surface area contributed by atoms with Crippen molar-refractivity contribution in [1.29, 1.82) is 0 Å². The number of benzene rings is 4. The predicted octanol–water partition coefficient (Wildman–Crippen LogP) is 8.75. The number of ether oxygens (including phenoxy) is 2. The molecule has 0 aliphatic carbocycles. The Morgan fingerprint density at radius 3 is 1.00 bits per heavy atom. The molecule has 0 unspecified atom stereocenters. The fourth-order valence-electron chi connectivity index (χ4n) is 3.63. The van der Waals surface area contributed by atoms with Gasteiger partial charge in [0, 0.05) is 11.1 Å². The maximum atomic E-state index is 12.9. The topological polar surface area (TPSA) is 35.5 Å². The van der Waals surface area contributed by atoms with Gasteiger partial charge < -0.3 is 9.47 Å². The largest absolute Gasteiger partial charge is 0.457 e. The van der Waals surface area contributed by atoms with E-state index in [1.54, 1.807) is 24.3 Å². The van der Waals surface area contributed by atoms with Crippen molar-refractivity contribution in [3.05, 3.63) is 119 Å². The minimum atomic E-state index is -0.0410. The molecule has 0 bridgehead atoms. The summed E-state index contributed by atoms with van der Waals surface area (Å²) in [6.45, 7) is 8.66. The third-order valence-corrected chi connectivity index (χ3v) is 5.80. The zero-order valence-electron chi connectivity index (χ0n) is 20.1. The van der Waals surface area contributed by atoms with Crippen molar-refractivity contribution in [2.24, 2.45) is 0 Å². The first-order valence-electron chi connectivity index (χ1n) is 11.7. The van der Waals surface area contributed by atoms with Gasteiger partial charge in [-0.15, -0.1) is 0 Å². The van der Waals surface area contributed by atoms with Gasteiger partial charge in [0.05, 0.1) is 0 Å². The lowest BCUT2D eigenvalue weighted by molar-refractivity contribution is 0.103. The highest BCUT2D eigenvalue weighted by atomic mass is 16.5. The molecular weight excluding hydrogens is 420 g/mol. The molecule has 0 atom stereocenters. The Hall–Kier alpha value is -3.85. The Bertz CT molecular complexity index is 1120. The van der Waals surface area contributed by atoms with Gasteiger partial charge in [0.25, 0.3) is 0 Å². The van der Waals surface area contributed by atoms with Crippen LogP contribution in [0.4, 0.5) is 0 Å². The highest BCUT2D eigenvalue weighted by Crippen LogP contribution is 2.27. The maximum Gasteiger partial charge on any atom is 0.193 e. The van der Waals surface area contributed by atoms with E-state index in [2.05, 4.69) is 52.0 Å².